The number of aliphatic hydroxyl groups is 1. The molecule has 1 aromatic rings. The maximum Gasteiger partial charge on any atom is 0.231 e. The monoisotopic (exact) mass is 216 g/mol. The van der Waals surface area contributed by atoms with Crippen LogP contribution in [-0.2, 0) is 6.42 Å². The summed E-state index contributed by atoms with van der Waals surface area (Å²) in [5.74, 6) is 0.826. The highest BCUT2D eigenvalue weighted by Gasteiger charge is 2.22. The van der Waals surface area contributed by atoms with E-state index >= 15 is 0 Å². The number of ether oxygens (including phenoxy) is 2. The van der Waals surface area contributed by atoms with Crippen LogP contribution in [0.2, 0.25) is 5.02 Å². The molecule has 1 aromatic carbocycles. The van der Waals surface area contributed by atoms with E-state index in [9.17, 15) is 5.11 Å². The predicted molar refractivity (Wildman–Crippen MR) is 50.0 cm³/mol. The van der Waals surface area contributed by atoms with Crippen LogP contribution in [0.3, 0.4) is 0 Å². The summed E-state index contributed by atoms with van der Waals surface area (Å²) in [5, 5.41) is 18.5. The number of aliphatic hydroxyl groups excluding tert-OH is 1. The third kappa shape index (κ3) is 1.36. The fourth-order valence-corrected chi connectivity index (χ4v) is 1.62. The van der Waals surface area contributed by atoms with Crippen molar-refractivity contribution >= 4 is 11.6 Å². The van der Waals surface area contributed by atoms with Crippen LogP contribution in [0.1, 0.15) is 5.56 Å². The summed E-state index contributed by atoms with van der Waals surface area (Å²) in [6, 6.07) is 1.62. The molecule has 5 heteroatoms. The summed E-state index contributed by atoms with van der Waals surface area (Å²) in [6.07, 6.45) is 0.336. The highest BCUT2D eigenvalue weighted by molar-refractivity contribution is 6.34. The van der Waals surface area contributed by atoms with E-state index in [2.05, 4.69) is 0 Å². The van der Waals surface area contributed by atoms with Crippen molar-refractivity contribution in [3.05, 3.63) is 16.7 Å². The Labute approximate surface area is 85.6 Å². The summed E-state index contributed by atoms with van der Waals surface area (Å²) in [4.78, 5) is 0. The second-order valence-electron chi connectivity index (χ2n) is 2.91. The van der Waals surface area contributed by atoms with Gasteiger partial charge in [-0.3, -0.25) is 0 Å². The number of hydrogen-bond acceptors (Lipinski definition) is 4. The van der Waals surface area contributed by atoms with E-state index in [-0.39, 0.29) is 24.2 Å². The molecule has 0 spiro atoms. The van der Waals surface area contributed by atoms with Crippen LogP contribution in [-0.4, -0.2) is 23.6 Å². The first-order chi connectivity index (χ1) is 6.74. The van der Waals surface area contributed by atoms with Gasteiger partial charge in [0.1, 0.15) is 10.8 Å². The first-order valence-corrected chi connectivity index (χ1v) is 4.52. The molecule has 4 nitrogen and oxygen atoms in total. The molecule has 0 saturated carbocycles. The van der Waals surface area contributed by atoms with Gasteiger partial charge in [-0.1, -0.05) is 11.6 Å². The summed E-state index contributed by atoms with van der Waals surface area (Å²) < 4.78 is 10.2. The van der Waals surface area contributed by atoms with Gasteiger partial charge >= 0.3 is 0 Å². The van der Waals surface area contributed by atoms with Crippen molar-refractivity contribution in [1.29, 1.82) is 0 Å². The molecule has 0 aromatic heterocycles. The molecule has 1 aliphatic heterocycles. The molecule has 0 aliphatic carbocycles. The fraction of sp³-hybridized carbons (Fsp3) is 0.333. The largest absolute Gasteiger partial charge is 0.506 e. The Kier molecular flexibility index (Phi) is 2.39. The van der Waals surface area contributed by atoms with E-state index in [1.165, 1.54) is 0 Å². The van der Waals surface area contributed by atoms with Crippen LogP contribution < -0.4 is 9.47 Å². The van der Waals surface area contributed by atoms with Gasteiger partial charge in [-0.2, -0.15) is 0 Å². The topological polar surface area (TPSA) is 58.9 Å². The maximum absolute atomic E-state index is 9.61. The van der Waals surface area contributed by atoms with Crippen molar-refractivity contribution < 1.29 is 19.7 Å². The molecule has 0 fully saturated rings. The molecule has 76 valence electrons. The maximum atomic E-state index is 9.61. The Bertz CT molecular complexity index is 364. The summed E-state index contributed by atoms with van der Waals surface area (Å²) in [7, 11) is 0. The molecule has 1 aliphatic rings. The third-order valence-corrected chi connectivity index (χ3v) is 2.39. The average Bonchev–Trinajstić information content (AvgIpc) is 2.62. The lowest BCUT2D eigenvalue weighted by Crippen LogP contribution is -1.93. The first-order valence-electron chi connectivity index (χ1n) is 4.15. The van der Waals surface area contributed by atoms with Crippen LogP contribution >= 0.6 is 11.6 Å². The summed E-state index contributed by atoms with van der Waals surface area (Å²) in [6.45, 7) is 0.0562. The van der Waals surface area contributed by atoms with Crippen molar-refractivity contribution in [3.8, 4) is 17.2 Å². The minimum atomic E-state index is -0.0521. The number of hydrogen-bond donors (Lipinski definition) is 2. The normalized spacial score (nSPS) is 13.3. The number of benzene rings is 1. The number of phenols is 1. The predicted octanol–water partition coefficient (Wildman–Crippen LogP) is 1.31. The van der Waals surface area contributed by atoms with Crippen molar-refractivity contribution in [3.63, 3.8) is 0 Å². The van der Waals surface area contributed by atoms with Gasteiger partial charge < -0.3 is 19.7 Å². The third-order valence-electron chi connectivity index (χ3n) is 2.04. The van der Waals surface area contributed by atoms with Gasteiger partial charge in [0.05, 0.1) is 0 Å². The van der Waals surface area contributed by atoms with Gasteiger partial charge in [-0.05, 0) is 12.5 Å². The minimum absolute atomic E-state index is 0.0510. The quantitative estimate of drug-likeness (QED) is 0.783. The van der Waals surface area contributed by atoms with Gasteiger partial charge in [0.15, 0.2) is 11.5 Å². The molecule has 2 rings (SSSR count). The Morgan fingerprint density at radius 2 is 2.21 bits per heavy atom. The number of halogens is 1. The molecular formula is C9H9ClO4. The van der Waals surface area contributed by atoms with Crippen LogP contribution in [0, 0.1) is 0 Å². The zero-order valence-corrected chi connectivity index (χ0v) is 8.04. The first kappa shape index (κ1) is 9.43. The van der Waals surface area contributed by atoms with Gasteiger partial charge in [0, 0.05) is 12.2 Å². The second kappa shape index (κ2) is 3.55. The molecule has 0 amide bonds. The molecule has 0 unspecified atom stereocenters. The molecule has 0 radical (unpaired) electrons. The SMILES string of the molecule is OCCc1cc2c(c(Cl)c1O)OCO2. The molecule has 0 saturated heterocycles. The van der Waals surface area contributed by atoms with Crippen LogP contribution in [0.15, 0.2) is 6.07 Å². The van der Waals surface area contributed by atoms with E-state index in [4.69, 9.17) is 26.2 Å². The van der Waals surface area contributed by atoms with Gasteiger partial charge in [-0.15, -0.1) is 0 Å². The highest BCUT2D eigenvalue weighted by atomic mass is 35.5. The smallest absolute Gasteiger partial charge is 0.231 e. The van der Waals surface area contributed by atoms with Crippen LogP contribution in [0.5, 0.6) is 17.2 Å². The van der Waals surface area contributed by atoms with Crippen LogP contribution in [0.4, 0.5) is 0 Å². The number of phenolic OH excluding ortho intramolecular Hbond substituents is 1. The molecule has 14 heavy (non-hydrogen) atoms. The Balaban J connectivity index is 2.49. The Morgan fingerprint density at radius 3 is 2.93 bits per heavy atom. The summed E-state index contributed by atoms with van der Waals surface area (Å²) >= 11 is 5.84. The van der Waals surface area contributed by atoms with E-state index in [0.29, 0.717) is 23.5 Å². The zero-order valence-electron chi connectivity index (χ0n) is 7.29. The minimum Gasteiger partial charge on any atom is -0.506 e. The molecule has 2 N–H and O–H groups in total. The number of rotatable bonds is 2. The lowest BCUT2D eigenvalue weighted by Gasteiger charge is -2.07. The molecule has 0 bridgehead atoms. The second-order valence-corrected chi connectivity index (χ2v) is 3.28. The van der Waals surface area contributed by atoms with Crippen molar-refractivity contribution in [2.45, 2.75) is 6.42 Å². The fourth-order valence-electron chi connectivity index (χ4n) is 1.35. The van der Waals surface area contributed by atoms with E-state index < -0.39 is 0 Å². The van der Waals surface area contributed by atoms with Crippen LogP contribution in [0.25, 0.3) is 0 Å². The highest BCUT2D eigenvalue weighted by Crippen LogP contribution is 2.45. The molecule has 0 atom stereocenters. The summed E-state index contributed by atoms with van der Waals surface area (Å²) in [5.41, 5.74) is 0.557. The van der Waals surface area contributed by atoms with Gasteiger partial charge in [-0.25, -0.2) is 0 Å². The molecular weight excluding hydrogens is 208 g/mol. The van der Waals surface area contributed by atoms with Crippen molar-refractivity contribution in [1.82, 2.24) is 0 Å². The van der Waals surface area contributed by atoms with E-state index in [1.807, 2.05) is 0 Å². The Morgan fingerprint density at radius 1 is 1.43 bits per heavy atom. The number of fused-ring (bicyclic) bond motifs is 1. The lowest BCUT2D eigenvalue weighted by atomic mass is 10.1. The zero-order chi connectivity index (χ0) is 10.1. The lowest BCUT2D eigenvalue weighted by molar-refractivity contribution is 0.174. The average molecular weight is 217 g/mol. The van der Waals surface area contributed by atoms with Crippen molar-refractivity contribution in [2.24, 2.45) is 0 Å². The van der Waals surface area contributed by atoms with Crippen molar-refractivity contribution in [2.75, 3.05) is 13.4 Å². The molecule has 1 heterocycles. The van der Waals surface area contributed by atoms with Gasteiger partial charge in [0.25, 0.3) is 0 Å². The Hall–Kier alpha value is -1.13. The van der Waals surface area contributed by atoms with E-state index in [0.717, 1.165) is 0 Å². The van der Waals surface area contributed by atoms with Gasteiger partial charge in [0.2, 0.25) is 6.79 Å². The van der Waals surface area contributed by atoms with E-state index in [1.54, 1.807) is 6.07 Å². The standard InChI is InChI=1S/C9H9ClO4/c10-7-8(12)5(1-2-11)3-6-9(7)14-4-13-6/h3,11-12H,1-2,4H2. The number of aromatic hydroxyl groups is 1.